The summed E-state index contributed by atoms with van der Waals surface area (Å²) in [6, 6.07) is 17.6. The summed E-state index contributed by atoms with van der Waals surface area (Å²) < 4.78 is 39.3. The number of sulfonamides is 1. The van der Waals surface area contributed by atoms with Crippen LogP contribution in [0.5, 0.6) is 5.75 Å². The van der Waals surface area contributed by atoms with E-state index in [2.05, 4.69) is 4.72 Å². The predicted octanol–water partition coefficient (Wildman–Crippen LogP) is 4.21. The van der Waals surface area contributed by atoms with Gasteiger partial charge in [-0.3, -0.25) is 4.79 Å². The maximum Gasteiger partial charge on any atom is 0.254 e. The van der Waals surface area contributed by atoms with Crippen molar-refractivity contribution in [1.82, 2.24) is 9.62 Å². The first-order valence-electron chi connectivity index (χ1n) is 10.2. The molecule has 1 amide bonds. The number of amides is 1. The fourth-order valence-electron chi connectivity index (χ4n) is 3.25. The summed E-state index contributed by atoms with van der Waals surface area (Å²) in [5.74, 6) is 0.476. The average molecular weight is 457 g/mol. The molecule has 0 aliphatic carbocycles. The van der Waals surface area contributed by atoms with Crippen LogP contribution in [-0.4, -0.2) is 31.9 Å². The highest BCUT2D eigenvalue weighted by Gasteiger charge is 2.27. The normalized spacial score (nSPS) is 11.9. The van der Waals surface area contributed by atoms with Crippen molar-refractivity contribution in [3.63, 3.8) is 0 Å². The molecule has 0 atom stereocenters. The first-order chi connectivity index (χ1) is 15.1. The van der Waals surface area contributed by atoms with Gasteiger partial charge in [-0.1, -0.05) is 30.3 Å². The average Bonchev–Trinajstić information content (AvgIpc) is 3.24. The minimum atomic E-state index is -3.92. The van der Waals surface area contributed by atoms with Crippen LogP contribution in [0.4, 0.5) is 0 Å². The summed E-state index contributed by atoms with van der Waals surface area (Å²) in [5.41, 5.74) is 0.494. The Balaban J connectivity index is 1.98. The number of methoxy groups -OCH3 is 1. The van der Waals surface area contributed by atoms with Gasteiger partial charge in [0.15, 0.2) is 0 Å². The van der Waals surface area contributed by atoms with Crippen LogP contribution in [0.1, 0.15) is 42.5 Å². The number of furan rings is 1. The van der Waals surface area contributed by atoms with Gasteiger partial charge in [-0.05, 0) is 56.7 Å². The molecule has 0 saturated carbocycles. The SMILES string of the molecule is COc1ccc(C(=O)N(Cc2ccccc2)Cc2ccco2)cc1S(=O)(=O)NC(C)(C)C. The molecule has 0 unspecified atom stereocenters. The monoisotopic (exact) mass is 456 g/mol. The summed E-state index contributed by atoms with van der Waals surface area (Å²) in [4.78, 5) is 15.0. The molecule has 1 aromatic heterocycles. The van der Waals surface area contributed by atoms with Gasteiger partial charge in [0.1, 0.15) is 16.4 Å². The van der Waals surface area contributed by atoms with Crippen molar-refractivity contribution in [2.24, 2.45) is 0 Å². The van der Waals surface area contributed by atoms with E-state index in [-0.39, 0.29) is 28.7 Å². The van der Waals surface area contributed by atoms with Crippen LogP contribution >= 0.6 is 0 Å². The summed E-state index contributed by atoms with van der Waals surface area (Å²) >= 11 is 0. The van der Waals surface area contributed by atoms with E-state index in [1.54, 1.807) is 50.1 Å². The smallest absolute Gasteiger partial charge is 0.254 e. The Morgan fingerprint density at radius 2 is 1.75 bits per heavy atom. The van der Waals surface area contributed by atoms with Gasteiger partial charge in [-0.15, -0.1) is 0 Å². The second-order valence-corrected chi connectivity index (χ2v) is 10.1. The molecule has 0 bridgehead atoms. The fraction of sp³-hybridized carbons (Fsp3) is 0.292. The zero-order valence-corrected chi connectivity index (χ0v) is 19.5. The van der Waals surface area contributed by atoms with Gasteiger partial charge >= 0.3 is 0 Å². The van der Waals surface area contributed by atoms with E-state index in [1.165, 1.54) is 19.2 Å². The number of rotatable bonds is 8. The van der Waals surface area contributed by atoms with Crippen molar-refractivity contribution in [3.8, 4) is 5.75 Å². The largest absolute Gasteiger partial charge is 0.495 e. The Kier molecular flexibility index (Phi) is 7.06. The molecule has 3 aromatic rings. The van der Waals surface area contributed by atoms with E-state index in [0.717, 1.165) is 5.56 Å². The highest BCUT2D eigenvalue weighted by molar-refractivity contribution is 7.89. The molecule has 1 heterocycles. The second kappa shape index (κ2) is 9.58. The minimum Gasteiger partial charge on any atom is -0.495 e. The number of ether oxygens (including phenoxy) is 1. The van der Waals surface area contributed by atoms with Crippen LogP contribution in [0.3, 0.4) is 0 Å². The van der Waals surface area contributed by atoms with Crippen LogP contribution in [-0.2, 0) is 23.1 Å². The van der Waals surface area contributed by atoms with E-state index in [0.29, 0.717) is 12.3 Å². The molecule has 0 aliphatic heterocycles. The number of hydrogen-bond donors (Lipinski definition) is 1. The Bertz CT molecular complexity index is 1150. The molecule has 0 saturated heterocycles. The maximum absolute atomic E-state index is 13.5. The number of benzene rings is 2. The molecular weight excluding hydrogens is 428 g/mol. The lowest BCUT2D eigenvalue weighted by atomic mass is 10.1. The van der Waals surface area contributed by atoms with Crippen LogP contribution in [0.2, 0.25) is 0 Å². The van der Waals surface area contributed by atoms with Crippen LogP contribution < -0.4 is 9.46 Å². The number of carbonyl (C=O) groups is 1. The fourth-order valence-corrected chi connectivity index (χ4v) is 4.87. The topological polar surface area (TPSA) is 88.8 Å². The van der Waals surface area contributed by atoms with E-state index < -0.39 is 15.6 Å². The third-order valence-corrected chi connectivity index (χ3v) is 6.35. The highest BCUT2D eigenvalue weighted by atomic mass is 32.2. The summed E-state index contributed by atoms with van der Waals surface area (Å²) in [6.07, 6.45) is 1.55. The van der Waals surface area contributed by atoms with Crippen molar-refractivity contribution < 1.29 is 22.4 Å². The van der Waals surface area contributed by atoms with Crippen LogP contribution in [0.15, 0.2) is 76.2 Å². The molecule has 0 aliphatic rings. The van der Waals surface area contributed by atoms with Crippen LogP contribution in [0, 0.1) is 0 Å². The highest BCUT2D eigenvalue weighted by Crippen LogP contribution is 2.27. The van der Waals surface area contributed by atoms with Crippen molar-refractivity contribution in [1.29, 1.82) is 0 Å². The third kappa shape index (κ3) is 5.99. The zero-order chi connectivity index (χ0) is 23.4. The van der Waals surface area contributed by atoms with E-state index in [9.17, 15) is 13.2 Å². The number of nitrogens with one attached hydrogen (secondary N) is 1. The molecule has 2 aromatic carbocycles. The molecule has 3 rings (SSSR count). The molecule has 0 spiro atoms. The van der Waals surface area contributed by atoms with Gasteiger partial charge in [0.05, 0.1) is 19.9 Å². The molecule has 170 valence electrons. The molecular formula is C24H28N2O5S. The zero-order valence-electron chi connectivity index (χ0n) is 18.7. The lowest BCUT2D eigenvalue weighted by Gasteiger charge is -2.24. The lowest BCUT2D eigenvalue weighted by molar-refractivity contribution is 0.0717. The molecule has 7 nitrogen and oxygen atoms in total. The molecule has 0 radical (unpaired) electrons. The van der Waals surface area contributed by atoms with Gasteiger partial charge in [-0.25, -0.2) is 13.1 Å². The molecule has 1 N–H and O–H groups in total. The van der Waals surface area contributed by atoms with E-state index in [4.69, 9.17) is 9.15 Å². The second-order valence-electron chi connectivity index (χ2n) is 8.45. The Morgan fingerprint density at radius 3 is 2.34 bits per heavy atom. The minimum absolute atomic E-state index is 0.0848. The van der Waals surface area contributed by atoms with E-state index in [1.807, 2.05) is 30.3 Å². The Hall–Kier alpha value is -3.10. The summed E-state index contributed by atoms with van der Waals surface area (Å²) in [6.45, 7) is 5.83. The number of carbonyl (C=O) groups excluding carboxylic acids is 1. The molecule has 32 heavy (non-hydrogen) atoms. The van der Waals surface area contributed by atoms with Crippen molar-refractivity contribution in [2.75, 3.05) is 7.11 Å². The number of nitrogens with zero attached hydrogens (tertiary/aromatic N) is 1. The lowest BCUT2D eigenvalue weighted by Crippen LogP contribution is -2.40. The standard InChI is InChI=1S/C24H28N2O5S/c1-24(2,3)25-32(28,29)22-15-19(12-13-21(22)30-4)23(27)26(17-20-11-8-14-31-20)16-18-9-6-5-7-10-18/h5-15,25H,16-17H2,1-4H3. The van der Waals surface area contributed by atoms with Gasteiger partial charge in [-0.2, -0.15) is 0 Å². The Labute approximate surface area is 189 Å². The van der Waals surface area contributed by atoms with Gasteiger partial charge in [0.25, 0.3) is 5.91 Å². The molecule has 8 heteroatoms. The predicted molar refractivity (Wildman–Crippen MR) is 122 cm³/mol. The Morgan fingerprint density at radius 1 is 1.03 bits per heavy atom. The van der Waals surface area contributed by atoms with Gasteiger partial charge < -0.3 is 14.1 Å². The third-order valence-electron chi connectivity index (χ3n) is 4.57. The van der Waals surface area contributed by atoms with Crippen molar-refractivity contribution in [2.45, 2.75) is 44.3 Å². The van der Waals surface area contributed by atoms with Crippen molar-refractivity contribution >= 4 is 15.9 Å². The van der Waals surface area contributed by atoms with Gasteiger partial charge in [0, 0.05) is 17.6 Å². The first kappa shape index (κ1) is 23.6. The number of hydrogen-bond acceptors (Lipinski definition) is 5. The van der Waals surface area contributed by atoms with E-state index >= 15 is 0 Å². The summed E-state index contributed by atoms with van der Waals surface area (Å²) in [5, 5.41) is 0. The maximum atomic E-state index is 13.5. The quantitative estimate of drug-likeness (QED) is 0.549. The van der Waals surface area contributed by atoms with Crippen molar-refractivity contribution in [3.05, 3.63) is 83.8 Å². The summed E-state index contributed by atoms with van der Waals surface area (Å²) in [7, 11) is -2.52. The van der Waals surface area contributed by atoms with Crippen LogP contribution in [0.25, 0.3) is 0 Å². The molecule has 0 fully saturated rings. The van der Waals surface area contributed by atoms with Gasteiger partial charge in [0.2, 0.25) is 10.0 Å². The first-order valence-corrected chi connectivity index (χ1v) is 11.6.